The molecular weight excluding hydrogens is 210 g/mol. The quantitative estimate of drug-likeness (QED) is 0.825. The molecular formula is C14H17N3. The third-order valence-corrected chi connectivity index (χ3v) is 2.65. The molecule has 17 heavy (non-hydrogen) atoms. The Balaban J connectivity index is 1.79. The van der Waals surface area contributed by atoms with Gasteiger partial charge in [-0.1, -0.05) is 36.4 Å². The molecule has 0 fully saturated rings. The Morgan fingerprint density at radius 1 is 1.06 bits per heavy atom. The summed E-state index contributed by atoms with van der Waals surface area (Å²) in [5, 5.41) is 3.25. The lowest BCUT2D eigenvalue weighted by atomic mass is 10.1. The van der Waals surface area contributed by atoms with Crippen LogP contribution in [-0.4, -0.2) is 11.5 Å². The SMILES string of the molecule is NC(CCNc1ccccn1)c1ccccc1. The fourth-order valence-corrected chi connectivity index (χ4v) is 1.69. The summed E-state index contributed by atoms with van der Waals surface area (Å²) >= 11 is 0. The number of hydrogen-bond donors (Lipinski definition) is 2. The Bertz CT molecular complexity index is 428. The molecule has 3 heteroatoms. The molecule has 1 heterocycles. The normalized spacial score (nSPS) is 12.1. The van der Waals surface area contributed by atoms with E-state index in [9.17, 15) is 0 Å². The van der Waals surface area contributed by atoms with E-state index in [0.717, 1.165) is 18.8 Å². The highest BCUT2D eigenvalue weighted by Gasteiger charge is 2.04. The topological polar surface area (TPSA) is 50.9 Å². The fraction of sp³-hybridized carbons (Fsp3) is 0.214. The molecule has 1 unspecified atom stereocenters. The molecule has 0 amide bonds. The minimum Gasteiger partial charge on any atom is -0.370 e. The lowest BCUT2D eigenvalue weighted by Gasteiger charge is -2.12. The summed E-state index contributed by atoms with van der Waals surface area (Å²) in [7, 11) is 0. The number of rotatable bonds is 5. The largest absolute Gasteiger partial charge is 0.370 e. The molecule has 0 aliphatic rings. The van der Waals surface area contributed by atoms with Gasteiger partial charge >= 0.3 is 0 Å². The molecule has 88 valence electrons. The van der Waals surface area contributed by atoms with Gasteiger partial charge in [-0.15, -0.1) is 0 Å². The first-order valence-electron chi connectivity index (χ1n) is 5.81. The van der Waals surface area contributed by atoms with Crippen molar-refractivity contribution in [1.29, 1.82) is 0 Å². The summed E-state index contributed by atoms with van der Waals surface area (Å²) in [6, 6.07) is 16.1. The van der Waals surface area contributed by atoms with Crippen molar-refractivity contribution in [2.45, 2.75) is 12.5 Å². The monoisotopic (exact) mass is 227 g/mol. The van der Waals surface area contributed by atoms with Crippen LogP contribution in [0.25, 0.3) is 0 Å². The summed E-state index contributed by atoms with van der Waals surface area (Å²) in [6.07, 6.45) is 2.67. The van der Waals surface area contributed by atoms with Crippen molar-refractivity contribution in [3.63, 3.8) is 0 Å². The highest BCUT2D eigenvalue weighted by atomic mass is 15.0. The minimum atomic E-state index is 0.0763. The van der Waals surface area contributed by atoms with Gasteiger partial charge in [0.15, 0.2) is 0 Å². The van der Waals surface area contributed by atoms with Crippen LogP contribution < -0.4 is 11.1 Å². The van der Waals surface area contributed by atoms with Crippen molar-refractivity contribution >= 4 is 5.82 Å². The molecule has 2 rings (SSSR count). The number of nitrogens with one attached hydrogen (secondary N) is 1. The Morgan fingerprint density at radius 3 is 2.53 bits per heavy atom. The van der Waals surface area contributed by atoms with Crippen LogP contribution in [0.4, 0.5) is 5.82 Å². The number of nitrogens with two attached hydrogens (primary N) is 1. The maximum absolute atomic E-state index is 6.10. The minimum absolute atomic E-state index is 0.0763. The molecule has 0 aliphatic carbocycles. The van der Waals surface area contributed by atoms with Crippen molar-refractivity contribution < 1.29 is 0 Å². The van der Waals surface area contributed by atoms with Crippen LogP contribution in [0.1, 0.15) is 18.0 Å². The van der Waals surface area contributed by atoms with E-state index in [-0.39, 0.29) is 6.04 Å². The van der Waals surface area contributed by atoms with E-state index < -0.39 is 0 Å². The Labute approximate surface area is 102 Å². The second kappa shape index (κ2) is 6.01. The van der Waals surface area contributed by atoms with Crippen molar-refractivity contribution in [2.24, 2.45) is 5.73 Å². The molecule has 0 saturated carbocycles. The Hall–Kier alpha value is -1.87. The van der Waals surface area contributed by atoms with E-state index in [1.165, 1.54) is 5.56 Å². The van der Waals surface area contributed by atoms with E-state index in [2.05, 4.69) is 22.4 Å². The third kappa shape index (κ3) is 3.57. The van der Waals surface area contributed by atoms with Crippen molar-refractivity contribution in [3.05, 3.63) is 60.3 Å². The molecule has 0 radical (unpaired) electrons. The van der Waals surface area contributed by atoms with Crippen molar-refractivity contribution in [3.8, 4) is 0 Å². The maximum atomic E-state index is 6.10. The van der Waals surface area contributed by atoms with Gasteiger partial charge in [0.1, 0.15) is 5.82 Å². The number of nitrogens with zero attached hydrogens (tertiary/aromatic N) is 1. The molecule has 1 atom stereocenters. The number of pyridine rings is 1. The maximum Gasteiger partial charge on any atom is 0.125 e. The average molecular weight is 227 g/mol. The van der Waals surface area contributed by atoms with Gasteiger partial charge < -0.3 is 11.1 Å². The molecule has 1 aromatic heterocycles. The first-order chi connectivity index (χ1) is 8.36. The average Bonchev–Trinajstić information content (AvgIpc) is 2.41. The van der Waals surface area contributed by atoms with Gasteiger partial charge in [-0.05, 0) is 24.1 Å². The first-order valence-corrected chi connectivity index (χ1v) is 5.81. The summed E-state index contributed by atoms with van der Waals surface area (Å²) in [4.78, 5) is 4.20. The molecule has 1 aromatic carbocycles. The standard InChI is InChI=1S/C14H17N3/c15-13(12-6-2-1-3-7-12)9-11-17-14-8-4-5-10-16-14/h1-8,10,13H,9,11,15H2,(H,16,17). The van der Waals surface area contributed by atoms with Crippen molar-refractivity contribution in [2.75, 3.05) is 11.9 Å². The van der Waals surface area contributed by atoms with E-state index in [1.807, 2.05) is 36.4 Å². The van der Waals surface area contributed by atoms with Gasteiger partial charge in [-0.3, -0.25) is 0 Å². The van der Waals surface area contributed by atoms with Gasteiger partial charge in [0.2, 0.25) is 0 Å². The summed E-state index contributed by atoms with van der Waals surface area (Å²) < 4.78 is 0. The molecule has 2 aromatic rings. The predicted molar refractivity (Wildman–Crippen MR) is 70.7 cm³/mol. The number of hydrogen-bond acceptors (Lipinski definition) is 3. The number of aromatic nitrogens is 1. The zero-order valence-electron chi connectivity index (χ0n) is 9.71. The smallest absolute Gasteiger partial charge is 0.125 e. The molecule has 3 nitrogen and oxygen atoms in total. The summed E-state index contributed by atoms with van der Waals surface area (Å²) in [5.41, 5.74) is 7.27. The van der Waals surface area contributed by atoms with E-state index >= 15 is 0 Å². The van der Waals surface area contributed by atoms with Crippen LogP contribution in [0.15, 0.2) is 54.7 Å². The van der Waals surface area contributed by atoms with Gasteiger partial charge in [0, 0.05) is 18.8 Å². The molecule has 0 saturated heterocycles. The van der Waals surface area contributed by atoms with Crippen LogP contribution in [0.3, 0.4) is 0 Å². The van der Waals surface area contributed by atoms with Gasteiger partial charge in [0.25, 0.3) is 0 Å². The molecule has 3 N–H and O–H groups in total. The second-order valence-electron chi connectivity index (χ2n) is 3.95. The van der Waals surface area contributed by atoms with E-state index in [4.69, 9.17) is 5.73 Å². The lowest BCUT2D eigenvalue weighted by molar-refractivity contribution is 0.674. The number of benzene rings is 1. The fourth-order valence-electron chi connectivity index (χ4n) is 1.69. The molecule has 0 spiro atoms. The van der Waals surface area contributed by atoms with Gasteiger partial charge in [0.05, 0.1) is 0 Å². The first kappa shape index (κ1) is 11.6. The lowest BCUT2D eigenvalue weighted by Crippen LogP contribution is -2.15. The third-order valence-electron chi connectivity index (χ3n) is 2.65. The highest BCUT2D eigenvalue weighted by Crippen LogP contribution is 2.13. The zero-order chi connectivity index (χ0) is 11.9. The number of anilines is 1. The summed E-state index contributed by atoms with van der Waals surface area (Å²) in [6.45, 7) is 0.826. The molecule has 0 bridgehead atoms. The Kier molecular flexibility index (Phi) is 4.11. The van der Waals surface area contributed by atoms with Crippen LogP contribution >= 0.6 is 0 Å². The second-order valence-corrected chi connectivity index (χ2v) is 3.95. The van der Waals surface area contributed by atoms with Gasteiger partial charge in [-0.25, -0.2) is 4.98 Å². The van der Waals surface area contributed by atoms with Crippen LogP contribution in [0, 0.1) is 0 Å². The van der Waals surface area contributed by atoms with E-state index in [0.29, 0.717) is 0 Å². The van der Waals surface area contributed by atoms with Crippen molar-refractivity contribution in [1.82, 2.24) is 4.98 Å². The van der Waals surface area contributed by atoms with Crippen LogP contribution in [0.5, 0.6) is 0 Å². The Morgan fingerprint density at radius 2 is 1.82 bits per heavy atom. The van der Waals surface area contributed by atoms with Crippen LogP contribution in [-0.2, 0) is 0 Å². The predicted octanol–water partition coefficient (Wildman–Crippen LogP) is 2.58. The highest BCUT2D eigenvalue weighted by molar-refractivity contribution is 5.33. The molecule has 0 aliphatic heterocycles. The van der Waals surface area contributed by atoms with E-state index in [1.54, 1.807) is 6.20 Å². The zero-order valence-corrected chi connectivity index (χ0v) is 9.71. The van der Waals surface area contributed by atoms with Gasteiger partial charge in [-0.2, -0.15) is 0 Å². The summed E-state index contributed by atoms with van der Waals surface area (Å²) in [5.74, 6) is 0.896. The van der Waals surface area contributed by atoms with Crippen LogP contribution in [0.2, 0.25) is 0 Å².